The van der Waals surface area contributed by atoms with Crippen molar-refractivity contribution in [2.45, 2.75) is 65.4 Å². The van der Waals surface area contributed by atoms with Crippen LogP contribution >= 0.6 is 0 Å². The Labute approximate surface area is 105 Å². The molecule has 1 aliphatic rings. The van der Waals surface area contributed by atoms with Gasteiger partial charge < -0.3 is 4.74 Å². The van der Waals surface area contributed by atoms with E-state index >= 15 is 0 Å². The first-order valence-electron chi connectivity index (χ1n) is 6.69. The lowest BCUT2D eigenvalue weighted by Crippen LogP contribution is -2.49. The van der Waals surface area contributed by atoms with Crippen LogP contribution in [0.15, 0.2) is 12.7 Å². The van der Waals surface area contributed by atoms with Crippen LogP contribution in [-0.2, 0) is 9.53 Å². The highest BCUT2D eigenvalue weighted by Gasteiger charge is 2.47. The molecule has 0 aromatic rings. The smallest absolute Gasteiger partial charge is 0.330 e. The van der Waals surface area contributed by atoms with E-state index in [4.69, 9.17) is 4.74 Å². The van der Waals surface area contributed by atoms with Gasteiger partial charge in [0.1, 0.15) is 5.60 Å². The molecule has 0 amide bonds. The fourth-order valence-electron chi connectivity index (χ4n) is 2.74. The molecule has 2 nitrogen and oxygen atoms in total. The molecule has 0 bridgehead atoms. The SMILES string of the molecule is C=CC(=O)OC1(C)CCCCCC(C)C1(C)C. The fourth-order valence-corrected chi connectivity index (χ4v) is 2.74. The lowest BCUT2D eigenvalue weighted by molar-refractivity contribution is -0.173. The molecular formula is C15H26O2. The van der Waals surface area contributed by atoms with Crippen molar-refractivity contribution in [3.63, 3.8) is 0 Å². The average Bonchev–Trinajstić information content (AvgIpc) is 2.26. The molecule has 0 aromatic heterocycles. The largest absolute Gasteiger partial charge is 0.456 e. The van der Waals surface area contributed by atoms with Crippen LogP contribution in [0.5, 0.6) is 0 Å². The van der Waals surface area contributed by atoms with Crippen LogP contribution in [-0.4, -0.2) is 11.6 Å². The van der Waals surface area contributed by atoms with Gasteiger partial charge in [-0.2, -0.15) is 0 Å². The summed E-state index contributed by atoms with van der Waals surface area (Å²) in [6.45, 7) is 12.3. The van der Waals surface area contributed by atoms with Gasteiger partial charge in [0, 0.05) is 11.5 Å². The van der Waals surface area contributed by atoms with Crippen molar-refractivity contribution in [1.82, 2.24) is 0 Å². The normalized spacial score (nSPS) is 33.3. The average molecular weight is 238 g/mol. The minimum atomic E-state index is -0.377. The van der Waals surface area contributed by atoms with E-state index in [0.717, 1.165) is 12.8 Å². The molecular weight excluding hydrogens is 212 g/mol. The summed E-state index contributed by atoms with van der Waals surface area (Å²) >= 11 is 0. The monoisotopic (exact) mass is 238 g/mol. The van der Waals surface area contributed by atoms with E-state index in [0.29, 0.717) is 5.92 Å². The highest BCUT2D eigenvalue weighted by molar-refractivity contribution is 5.81. The summed E-state index contributed by atoms with van der Waals surface area (Å²) in [6, 6.07) is 0. The molecule has 98 valence electrons. The van der Waals surface area contributed by atoms with Gasteiger partial charge in [0.15, 0.2) is 0 Å². The number of carbonyl (C=O) groups is 1. The highest BCUT2D eigenvalue weighted by atomic mass is 16.6. The Kier molecular flexibility index (Phi) is 4.40. The van der Waals surface area contributed by atoms with Crippen molar-refractivity contribution in [2.75, 3.05) is 0 Å². The fraction of sp³-hybridized carbons (Fsp3) is 0.800. The van der Waals surface area contributed by atoms with Gasteiger partial charge >= 0.3 is 5.97 Å². The minimum Gasteiger partial charge on any atom is -0.456 e. The third-order valence-corrected chi connectivity index (χ3v) is 4.88. The van der Waals surface area contributed by atoms with E-state index in [1.54, 1.807) is 0 Å². The second-order valence-electron chi connectivity index (χ2n) is 6.08. The van der Waals surface area contributed by atoms with Crippen molar-refractivity contribution in [1.29, 1.82) is 0 Å². The quantitative estimate of drug-likeness (QED) is 0.535. The molecule has 0 spiro atoms. The number of esters is 1. The van der Waals surface area contributed by atoms with Gasteiger partial charge in [-0.05, 0) is 25.7 Å². The zero-order valence-electron chi connectivity index (χ0n) is 11.7. The topological polar surface area (TPSA) is 26.3 Å². The Morgan fingerprint density at radius 3 is 2.53 bits per heavy atom. The first-order valence-corrected chi connectivity index (χ1v) is 6.69. The number of rotatable bonds is 2. The van der Waals surface area contributed by atoms with E-state index in [-0.39, 0.29) is 17.0 Å². The molecule has 1 rings (SSSR count). The van der Waals surface area contributed by atoms with Crippen LogP contribution in [0.3, 0.4) is 0 Å². The highest BCUT2D eigenvalue weighted by Crippen LogP contribution is 2.47. The van der Waals surface area contributed by atoms with Gasteiger partial charge in [0.2, 0.25) is 0 Å². The van der Waals surface area contributed by atoms with E-state index < -0.39 is 0 Å². The molecule has 1 aliphatic carbocycles. The first-order chi connectivity index (χ1) is 7.83. The van der Waals surface area contributed by atoms with Gasteiger partial charge in [-0.25, -0.2) is 4.79 Å². The van der Waals surface area contributed by atoms with Gasteiger partial charge in [-0.3, -0.25) is 0 Å². The summed E-state index contributed by atoms with van der Waals surface area (Å²) < 4.78 is 5.69. The number of hydrogen-bond donors (Lipinski definition) is 0. The predicted molar refractivity (Wildman–Crippen MR) is 70.7 cm³/mol. The van der Waals surface area contributed by atoms with Crippen LogP contribution in [0.25, 0.3) is 0 Å². The molecule has 2 heteroatoms. The van der Waals surface area contributed by atoms with Crippen LogP contribution in [0.1, 0.15) is 59.8 Å². The molecule has 0 N–H and O–H groups in total. The molecule has 2 atom stereocenters. The van der Waals surface area contributed by atoms with Gasteiger partial charge in [0.05, 0.1) is 0 Å². The van der Waals surface area contributed by atoms with Gasteiger partial charge in [0.25, 0.3) is 0 Å². The van der Waals surface area contributed by atoms with Gasteiger partial charge in [-0.1, -0.05) is 46.6 Å². The second kappa shape index (κ2) is 5.24. The summed E-state index contributed by atoms with van der Waals surface area (Å²) in [7, 11) is 0. The second-order valence-corrected chi connectivity index (χ2v) is 6.08. The molecule has 0 saturated heterocycles. The van der Waals surface area contributed by atoms with E-state index in [1.807, 2.05) is 0 Å². The molecule has 0 heterocycles. The minimum absolute atomic E-state index is 0.00604. The maximum atomic E-state index is 11.5. The maximum absolute atomic E-state index is 11.5. The number of carbonyl (C=O) groups excluding carboxylic acids is 1. The summed E-state index contributed by atoms with van der Waals surface area (Å²) in [5.74, 6) is 0.263. The Balaban J connectivity index is 2.96. The summed E-state index contributed by atoms with van der Waals surface area (Å²) in [5.41, 5.74) is -0.371. The van der Waals surface area contributed by atoms with Crippen LogP contribution < -0.4 is 0 Å². The molecule has 17 heavy (non-hydrogen) atoms. The summed E-state index contributed by atoms with van der Waals surface area (Å²) in [6.07, 6.45) is 7.09. The third kappa shape index (κ3) is 2.91. The maximum Gasteiger partial charge on any atom is 0.330 e. The molecule has 0 aliphatic heterocycles. The number of ether oxygens (including phenoxy) is 1. The van der Waals surface area contributed by atoms with Crippen molar-refractivity contribution in [2.24, 2.45) is 11.3 Å². The predicted octanol–water partition coefficient (Wildman–Crippen LogP) is 4.10. The standard InChI is InChI=1S/C15H26O2/c1-6-13(16)17-15(5)11-9-7-8-10-12(2)14(15,3)4/h6,12H,1,7-11H2,2-5H3. The Bertz CT molecular complexity index is 293. The zero-order valence-corrected chi connectivity index (χ0v) is 11.7. The molecule has 1 fully saturated rings. The molecule has 0 radical (unpaired) electrons. The molecule has 1 saturated carbocycles. The van der Waals surface area contributed by atoms with Crippen LogP contribution in [0.4, 0.5) is 0 Å². The van der Waals surface area contributed by atoms with E-state index in [9.17, 15) is 4.79 Å². The third-order valence-electron chi connectivity index (χ3n) is 4.88. The van der Waals surface area contributed by atoms with Crippen LogP contribution in [0.2, 0.25) is 0 Å². The van der Waals surface area contributed by atoms with E-state index in [1.165, 1.54) is 25.3 Å². The van der Waals surface area contributed by atoms with Crippen LogP contribution in [0, 0.1) is 11.3 Å². The Morgan fingerprint density at radius 1 is 1.29 bits per heavy atom. The summed E-state index contributed by atoms with van der Waals surface area (Å²) in [4.78, 5) is 11.5. The lowest BCUT2D eigenvalue weighted by atomic mass is 9.63. The Morgan fingerprint density at radius 2 is 1.94 bits per heavy atom. The summed E-state index contributed by atoms with van der Waals surface area (Å²) in [5, 5.41) is 0. The van der Waals surface area contributed by atoms with Crippen molar-refractivity contribution >= 4 is 5.97 Å². The molecule has 0 aromatic carbocycles. The van der Waals surface area contributed by atoms with Crippen molar-refractivity contribution < 1.29 is 9.53 Å². The van der Waals surface area contributed by atoms with E-state index in [2.05, 4.69) is 34.3 Å². The van der Waals surface area contributed by atoms with Gasteiger partial charge in [-0.15, -0.1) is 0 Å². The first kappa shape index (κ1) is 14.3. The van der Waals surface area contributed by atoms with Crippen molar-refractivity contribution in [3.8, 4) is 0 Å². The Hall–Kier alpha value is -0.790. The van der Waals surface area contributed by atoms with Crippen molar-refractivity contribution in [3.05, 3.63) is 12.7 Å². The lowest BCUT2D eigenvalue weighted by Gasteiger charge is -2.48. The zero-order chi connectivity index (χ0) is 13.1. The number of hydrogen-bond acceptors (Lipinski definition) is 2. The molecule has 2 unspecified atom stereocenters.